The predicted octanol–water partition coefficient (Wildman–Crippen LogP) is 5.16. The topological polar surface area (TPSA) is 28.2 Å². The number of anilines is 1. The van der Waals surface area contributed by atoms with Crippen molar-refractivity contribution in [3.8, 4) is 0 Å². The van der Waals surface area contributed by atoms with E-state index >= 15 is 0 Å². The zero-order valence-electron chi connectivity index (χ0n) is 13.9. The maximum absolute atomic E-state index is 13.3. The Bertz CT molecular complexity index is 555. The molecule has 0 fully saturated rings. The minimum atomic E-state index is -4.46. The summed E-state index contributed by atoms with van der Waals surface area (Å²) in [6.45, 7) is 9.33. The molecule has 8 heteroatoms. The molecule has 0 bridgehead atoms. The summed E-state index contributed by atoms with van der Waals surface area (Å²) < 4.78 is 39.8. The second-order valence-corrected chi connectivity index (χ2v) is 6.60. The van der Waals surface area contributed by atoms with E-state index in [4.69, 9.17) is 11.6 Å². The van der Waals surface area contributed by atoms with Crippen molar-refractivity contribution < 1.29 is 13.2 Å². The van der Waals surface area contributed by atoms with Crippen molar-refractivity contribution >= 4 is 28.1 Å². The van der Waals surface area contributed by atoms with Gasteiger partial charge in [-0.25, -0.2) is 4.98 Å². The summed E-state index contributed by atoms with van der Waals surface area (Å²) in [5.41, 5.74) is 0.0920. The molecule has 3 nitrogen and oxygen atoms in total. The first kappa shape index (κ1) is 21.0. The van der Waals surface area contributed by atoms with Crippen molar-refractivity contribution in [1.29, 1.82) is 0 Å². The molecular weight excluding hydrogens is 359 g/mol. The van der Waals surface area contributed by atoms with Gasteiger partial charge in [-0.1, -0.05) is 19.1 Å². The highest BCUT2D eigenvalue weighted by molar-refractivity contribution is 7.15. The lowest BCUT2D eigenvalue weighted by Gasteiger charge is -2.19. The molecule has 0 aliphatic heterocycles. The molecule has 0 saturated heterocycles. The smallest absolute Gasteiger partial charge is 0.358 e. The normalized spacial score (nSPS) is 12.7. The second kappa shape index (κ2) is 10.1. The Kier molecular flexibility index (Phi) is 8.80. The minimum absolute atomic E-state index is 0.208. The molecule has 1 rings (SSSR count). The average molecular weight is 382 g/mol. The number of aromatic nitrogens is 1. The van der Waals surface area contributed by atoms with E-state index in [9.17, 15) is 13.2 Å². The fourth-order valence-electron chi connectivity index (χ4n) is 2.11. The van der Waals surface area contributed by atoms with Gasteiger partial charge in [-0.15, -0.1) is 29.5 Å². The third-order valence-electron chi connectivity index (χ3n) is 3.31. The minimum Gasteiger partial charge on any atom is -0.358 e. The van der Waals surface area contributed by atoms with E-state index in [0.717, 1.165) is 23.3 Å². The van der Waals surface area contributed by atoms with Crippen LogP contribution in [0.1, 0.15) is 30.8 Å². The van der Waals surface area contributed by atoms with Crippen LogP contribution in [0.25, 0.3) is 0 Å². The highest BCUT2D eigenvalue weighted by Gasteiger charge is 2.37. The molecule has 0 amide bonds. The molecule has 1 N–H and O–H groups in total. The fraction of sp³-hybridized carbons (Fsp3) is 0.562. The zero-order chi connectivity index (χ0) is 18.2. The van der Waals surface area contributed by atoms with Crippen LogP contribution in [0.2, 0.25) is 0 Å². The van der Waals surface area contributed by atoms with Gasteiger partial charge in [0.1, 0.15) is 0 Å². The van der Waals surface area contributed by atoms with Crippen molar-refractivity contribution in [2.45, 2.75) is 33.0 Å². The van der Waals surface area contributed by atoms with Crippen molar-refractivity contribution in [2.24, 2.45) is 0 Å². The maximum Gasteiger partial charge on any atom is 0.434 e. The molecule has 0 aliphatic carbocycles. The first-order chi connectivity index (χ1) is 11.3. The van der Waals surface area contributed by atoms with Gasteiger partial charge in [0.25, 0.3) is 0 Å². The zero-order valence-corrected chi connectivity index (χ0v) is 15.5. The van der Waals surface area contributed by atoms with Gasteiger partial charge >= 0.3 is 6.18 Å². The number of allylic oxidation sites excluding steroid dienone is 1. The van der Waals surface area contributed by atoms with Crippen LogP contribution in [0.15, 0.2) is 24.3 Å². The quantitative estimate of drug-likeness (QED) is 0.448. The van der Waals surface area contributed by atoms with Crippen molar-refractivity contribution in [2.75, 3.05) is 30.8 Å². The van der Waals surface area contributed by atoms with E-state index in [1.54, 1.807) is 6.08 Å². The molecule has 0 atom stereocenters. The van der Waals surface area contributed by atoms with Gasteiger partial charge in [-0.3, -0.25) is 4.90 Å². The molecular formula is C16H23ClF3N3S. The van der Waals surface area contributed by atoms with Gasteiger partial charge in [0.15, 0.2) is 10.8 Å². The number of hydrogen-bond donors (Lipinski definition) is 1. The van der Waals surface area contributed by atoms with Crippen LogP contribution in [0, 0.1) is 0 Å². The Labute approximate surface area is 150 Å². The molecule has 0 saturated carbocycles. The average Bonchev–Trinajstić information content (AvgIpc) is 2.92. The summed E-state index contributed by atoms with van der Waals surface area (Å²) in [5.74, 6) is 0.331. The molecule has 24 heavy (non-hydrogen) atoms. The lowest BCUT2D eigenvalue weighted by atomic mass is 10.3. The number of halogens is 4. The summed E-state index contributed by atoms with van der Waals surface area (Å²) in [4.78, 5) is 5.90. The number of nitrogens with zero attached hydrogens (tertiary/aromatic N) is 2. The van der Waals surface area contributed by atoms with E-state index < -0.39 is 11.9 Å². The van der Waals surface area contributed by atoms with Gasteiger partial charge in [-0.2, -0.15) is 13.2 Å². The standard InChI is InChI=1S/C16H23ClF3N3S/c1-4-7-23(8-5-2)11-13-14(16(18,19)20)22-15(24-13)21-10-12(6-3)9-17/h4,6H,1,5,7-11H2,2-3H3,(H,21,22)/b12-6-. The third kappa shape index (κ3) is 6.45. The predicted molar refractivity (Wildman–Crippen MR) is 95.8 cm³/mol. The van der Waals surface area contributed by atoms with Crippen molar-refractivity contribution in [3.05, 3.63) is 34.9 Å². The Morgan fingerprint density at radius 1 is 1.46 bits per heavy atom. The van der Waals surface area contributed by atoms with Crippen molar-refractivity contribution in [3.63, 3.8) is 0 Å². The van der Waals surface area contributed by atoms with E-state index in [2.05, 4.69) is 16.9 Å². The summed E-state index contributed by atoms with van der Waals surface area (Å²) in [6.07, 6.45) is -0.0681. The number of nitrogens with one attached hydrogen (secondary N) is 1. The van der Waals surface area contributed by atoms with E-state index in [1.165, 1.54) is 0 Å². The molecule has 136 valence electrons. The van der Waals surface area contributed by atoms with Crippen LogP contribution in [-0.2, 0) is 12.7 Å². The molecule has 1 aromatic heterocycles. The monoisotopic (exact) mass is 381 g/mol. The van der Waals surface area contributed by atoms with Gasteiger partial charge in [0.05, 0.1) is 4.88 Å². The molecule has 0 unspecified atom stereocenters. The second-order valence-electron chi connectivity index (χ2n) is 5.25. The van der Waals surface area contributed by atoms with Gasteiger partial charge < -0.3 is 5.32 Å². The van der Waals surface area contributed by atoms with Crippen LogP contribution in [0.5, 0.6) is 0 Å². The van der Waals surface area contributed by atoms with Crippen LogP contribution >= 0.6 is 22.9 Å². The molecule has 1 aromatic rings. The molecule has 0 radical (unpaired) electrons. The Hall–Kier alpha value is -1.05. The lowest BCUT2D eigenvalue weighted by molar-refractivity contribution is -0.141. The van der Waals surface area contributed by atoms with Crippen molar-refractivity contribution in [1.82, 2.24) is 9.88 Å². The third-order valence-corrected chi connectivity index (χ3v) is 4.65. The van der Waals surface area contributed by atoms with Crippen LogP contribution < -0.4 is 5.32 Å². The number of thiazole rings is 1. The van der Waals surface area contributed by atoms with Crippen LogP contribution in [0.4, 0.5) is 18.3 Å². The highest BCUT2D eigenvalue weighted by Crippen LogP contribution is 2.36. The maximum atomic E-state index is 13.3. The van der Waals surface area contributed by atoms with Gasteiger partial charge in [0.2, 0.25) is 0 Å². The summed E-state index contributed by atoms with van der Waals surface area (Å²) >= 11 is 6.80. The fourth-order valence-corrected chi connectivity index (χ4v) is 3.38. The summed E-state index contributed by atoms with van der Waals surface area (Å²) in [5, 5.41) is 3.19. The number of hydrogen-bond acceptors (Lipinski definition) is 4. The Morgan fingerprint density at radius 3 is 2.67 bits per heavy atom. The van der Waals surface area contributed by atoms with Crippen LogP contribution in [-0.4, -0.2) is 35.4 Å². The number of alkyl halides is 4. The first-order valence-electron chi connectivity index (χ1n) is 7.69. The van der Waals surface area contributed by atoms with E-state index in [1.807, 2.05) is 24.8 Å². The SMILES string of the molecule is C=CCN(CCC)Cc1sc(NC/C(=C\C)CCl)nc1C(F)(F)F. The van der Waals surface area contributed by atoms with Gasteiger partial charge in [0, 0.05) is 25.5 Å². The molecule has 0 spiro atoms. The summed E-state index contributed by atoms with van der Waals surface area (Å²) in [6, 6.07) is 0. The van der Waals surface area contributed by atoms with Crippen LogP contribution in [0.3, 0.4) is 0 Å². The highest BCUT2D eigenvalue weighted by atomic mass is 35.5. The lowest BCUT2D eigenvalue weighted by Crippen LogP contribution is -2.25. The van der Waals surface area contributed by atoms with E-state index in [0.29, 0.717) is 25.5 Å². The molecule has 0 aliphatic rings. The Balaban J connectivity index is 2.98. The van der Waals surface area contributed by atoms with Gasteiger partial charge in [-0.05, 0) is 25.5 Å². The molecule has 1 heterocycles. The largest absolute Gasteiger partial charge is 0.434 e. The first-order valence-corrected chi connectivity index (χ1v) is 9.04. The number of rotatable bonds is 10. The summed E-state index contributed by atoms with van der Waals surface area (Å²) in [7, 11) is 0. The Morgan fingerprint density at radius 2 is 2.17 bits per heavy atom. The van der Waals surface area contributed by atoms with E-state index in [-0.39, 0.29) is 16.6 Å². The molecule has 0 aromatic carbocycles.